The van der Waals surface area contributed by atoms with Crippen LogP contribution in [0, 0.1) is 0 Å². The summed E-state index contributed by atoms with van der Waals surface area (Å²) in [6.07, 6.45) is 0.329. The molecule has 1 aliphatic heterocycles. The molecule has 0 bridgehead atoms. The van der Waals surface area contributed by atoms with Crippen molar-refractivity contribution in [2.24, 2.45) is 11.5 Å². The molecule has 1 saturated heterocycles. The molecule has 1 unspecified atom stereocenters. The first-order valence-corrected chi connectivity index (χ1v) is 7.25. The second kappa shape index (κ2) is 7.28. The fourth-order valence-electron chi connectivity index (χ4n) is 2.75. The number of anilines is 1. The Labute approximate surface area is 125 Å². The van der Waals surface area contributed by atoms with Gasteiger partial charge in [-0.25, -0.2) is 0 Å². The number of primary amides is 1. The van der Waals surface area contributed by atoms with Gasteiger partial charge < -0.3 is 21.1 Å². The third-order valence-corrected chi connectivity index (χ3v) is 3.96. The zero-order valence-electron chi connectivity index (χ0n) is 12.5. The predicted octanol–water partition coefficient (Wildman–Crippen LogP) is 0.0199. The van der Waals surface area contributed by atoms with E-state index in [4.69, 9.17) is 16.2 Å². The van der Waals surface area contributed by atoms with E-state index in [9.17, 15) is 4.79 Å². The molecule has 0 saturated carbocycles. The third kappa shape index (κ3) is 4.09. The van der Waals surface area contributed by atoms with Crippen LogP contribution in [0.2, 0.25) is 0 Å². The lowest BCUT2D eigenvalue weighted by Gasteiger charge is -2.39. The van der Waals surface area contributed by atoms with E-state index in [-0.39, 0.29) is 11.9 Å². The van der Waals surface area contributed by atoms with Crippen molar-refractivity contribution in [3.05, 3.63) is 24.3 Å². The maximum absolute atomic E-state index is 11.1. The monoisotopic (exact) mass is 292 g/mol. The second-order valence-electron chi connectivity index (χ2n) is 5.28. The highest BCUT2D eigenvalue weighted by Crippen LogP contribution is 2.22. The van der Waals surface area contributed by atoms with Crippen molar-refractivity contribution in [2.75, 3.05) is 44.7 Å². The van der Waals surface area contributed by atoms with Crippen LogP contribution in [0.5, 0.6) is 5.75 Å². The summed E-state index contributed by atoms with van der Waals surface area (Å²) in [6.45, 7) is 4.03. The number of benzene rings is 1. The molecule has 1 fully saturated rings. The smallest absolute Gasteiger partial charge is 0.219 e. The number of amides is 1. The fourth-order valence-corrected chi connectivity index (χ4v) is 2.75. The van der Waals surface area contributed by atoms with E-state index in [1.807, 2.05) is 18.2 Å². The molecule has 1 amide bonds. The minimum absolute atomic E-state index is 0.0509. The zero-order chi connectivity index (χ0) is 15.2. The highest BCUT2D eigenvalue weighted by atomic mass is 16.5. The van der Waals surface area contributed by atoms with Gasteiger partial charge >= 0.3 is 0 Å². The van der Waals surface area contributed by atoms with Crippen molar-refractivity contribution >= 4 is 11.6 Å². The Balaban J connectivity index is 1.94. The summed E-state index contributed by atoms with van der Waals surface area (Å²) in [6, 6.07) is 8.12. The Morgan fingerprint density at radius 1 is 1.33 bits per heavy atom. The SMILES string of the molecule is COc1cccc(N2CCN(C(CN)CC(N)=O)CC2)c1. The molecule has 6 heteroatoms. The van der Waals surface area contributed by atoms with Crippen molar-refractivity contribution in [2.45, 2.75) is 12.5 Å². The number of rotatable bonds is 6. The quantitative estimate of drug-likeness (QED) is 0.772. The van der Waals surface area contributed by atoms with Gasteiger partial charge in [0, 0.05) is 56.9 Å². The Morgan fingerprint density at radius 2 is 2.05 bits per heavy atom. The van der Waals surface area contributed by atoms with Gasteiger partial charge in [0.2, 0.25) is 5.91 Å². The molecule has 0 aromatic heterocycles. The molecule has 1 heterocycles. The van der Waals surface area contributed by atoms with Crippen molar-refractivity contribution in [3.8, 4) is 5.75 Å². The molecule has 6 nitrogen and oxygen atoms in total. The Hall–Kier alpha value is -1.79. The number of carbonyl (C=O) groups excluding carboxylic acids is 1. The molecule has 1 aromatic rings. The van der Waals surface area contributed by atoms with E-state index in [0.29, 0.717) is 13.0 Å². The lowest BCUT2D eigenvalue weighted by atomic mass is 10.1. The summed E-state index contributed by atoms with van der Waals surface area (Å²) in [5, 5.41) is 0. The summed E-state index contributed by atoms with van der Waals surface area (Å²) < 4.78 is 5.26. The van der Waals surface area contributed by atoms with Gasteiger partial charge in [-0.3, -0.25) is 9.69 Å². The Kier molecular flexibility index (Phi) is 5.41. The van der Waals surface area contributed by atoms with Gasteiger partial charge in [0.1, 0.15) is 5.75 Å². The molecule has 0 aliphatic carbocycles. The van der Waals surface area contributed by atoms with E-state index < -0.39 is 0 Å². The highest BCUT2D eigenvalue weighted by molar-refractivity contribution is 5.74. The molecule has 1 aromatic carbocycles. The van der Waals surface area contributed by atoms with Crippen LogP contribution >= 0.6 is 0 Å². The summed E-state index contributed by atoms with van der Waals surface area (Å²) in [4.78, 5) is 15.7. The summed E-state index contributed by atoms with van der Waals surface area (Å²) in [5.74, 6) is 0.573. The van der Waals surface area contributed by atoms with Crippen LogP contribution in [-0.4, -0.2) is 56.7 Å². The minimum atomic E-state index is -0.291. The van der Waals surface area contributed by atoms with Crippen LogP contribution < -0.4 is 21.1 Å². The number of hydrogen-bond donors (Lipinski definition) is 2. The van der Waals surface area contributed by atoms with E-state index in [0.717, 1.165) is 37.6 Å². The Morgan fingerprint density at radius 3 is 2.62 bits per heavy atom. The van der Waals surface area contributed by atoms with Gasteiger partial charge in [0.15, 0.2) is 0 Å². The number of carbonyl (C=O) groups is 1. The number of ether oxygens (including phenoxy) is 1. The van der Waals surface area contributed by atoms with Gasteiger partial charge in [0.05, 0.1) is 7.11 Å². The van der Waals surface area contributed by atoms with Crippen molar-refractivity contribution in [1.29, 1.82) is 0 Å². The van der Waals surface area contributed by atoms with Crippen LogP contribution in [0.1, 0.15) is 6.42 Å². The number of methoxy groups -OCH3 is 1. The van der Waals surface area contributed by atoms with Gasteiger partial charge in [0.25, 0.3) is 0 Å². The molecule has 0 radical (unpaired) electrons. The molecule has 1 atom stereocenters. The Bertz CT molecular complexity index is 472. The molecule has 2 rings (SSSR count). The summed E-state index contributed by atoms with van der Waals surface area (Å²) in [5.41, 5.74) is 12.2. The van der Waals surface area contributed by atoms with Crippen LogP contribution in [0.3, 0.4) is 0 Å². The standard InChI is InChI=1S/C15H24N4O2/c1-21-14-4-2-3-12(9-14)18-5-7-19(8-6-18)13(11-16)10-15(17)20/h2-4,9,13H,5-8,10-11,16H2,1H3,(H2,17,20). The third-order valence-electron chi connectivity index (χ3n) is 3.96. The highest BCUT2D eigenvalue weighted by Gasteiger charge is 2.24. The summed E-state index contributed by atoms with van der Waals surface area (Å²) >= 11 is 0. The van der Waals surface area contributed by atoms with E-state index in [1.165, 1.54) is 0 Å². The van der Waals surface area contributed by atoms with Crippen molar-refractivity contribution in [1.82, 2.24) is 4.90 Å². The second-order valence-corrected chi connectivity index (χ2v) is 5.28. The van der Waals surface area contributed by atoms with E-state index in [2.05, 4.69) is 15.9 Å². The number of hydrogen-bond acceptors (Lipinski definition) is 5. The van der Waals surface area contributed by atoms with Crippen LogP contribution in [0.25, 0.3) is 0 Å². The maximum atomic E-state index is 11.1. The molecule has 0 spiro atoms. The number of nitrogens with zero attached hydrogens (tertiary/aromatic N) is 2. The molecular formula is C15H24N4O2. The van der Waals surface area contributed by atoms with Crippen LogP contribution in [0.4, 0.5) is 5.69 Å². The topological polar surface area (TPSA) is 84.8 Å². The van der Waals surface area contributed by atoms with Crippen LogP contribution in [0.15, 0.2) is 24.3 Å². The van der Waals surface area contributed by atoms with Crippen molar-refractivity contribution < 1.29 is 9.53 Å². The first-order valence-electron chi connectivity index (χ1n) is 7.25. The van der Waals surface area contributed by atoms with Crippen LogP contribution in [-0.2, 0) is 4.79 Å². The van der Waals surface area contributed by atoms with Crippen molar-refractivity contribution in [3.63, 3.8) is 0 Å². The number of nitrogens with two attached hydrogens (primary N) is 2. The lowest BCUT2D eigenvalue weighted by Crippen LogP contribution is -2.53. The minimum Gasteiger partial charge on any atom is -0.497 e. The van der Waals surface area contributed by atoms with Gasteiger partial charge in [-0.05, 0) is 12.1 Å². The van der Waals surface area contributed by atoms with Gasteiger partial charge in [-0.1, -0.05) is 6.07 Å². The first kappa shape index (κ1) is 15.6. The van der Waals surface area contributed by atoms with Gasteiger partial charge in [-0.15, -0.1) is 0 Å². The van der Waals surface area contributed by atoms with E-state index >= 15 is 0 Å². The molecular weight excluding hydrogens is 268 g/mol. The zero-order valence-corrected chi connectivity index (χ0v) is 12.5. The molecule has 1 aliphatic rings. The molecule has 4 N–H and O–H groups in total. The maximum Gasteiger partial charge on any atom is 0.219 e. The first-order chi connectivity index (χ1) is 10.1. The summed E-state index contributed by atoms with van der Waals surface area (Å²) in [7, 11) is 1.67. The largest absolute Gasteiger partial charge is 0.497 e. The predicted molar refractivity (Wildman–Crippen MR) is 83.4 cm³/mol. The van der Waals surface area contributed by atoms with E-state index in [1.54, 1.807) is 7.11 Å². The fraction of sp³-hybridized carbons (Fsp3) is 0.533. The lowest BCUT2D eigenvalue weighted by molar-refractivity contribution is -0.119. The molecule has 21 heavy (non-hydrogen) atoms. The molecule has 116 valence electrons. The average molecular weight is 292 g/mol. The normalized spacial score (nSPS) is 17.5. The number of piperazine rings is 1. The average Bonchev–Trinajstić information content (AvgIpc) is 2.52. The van der Waals surface area contributed by atoms with Gasteiger partial charge in [-0.2, -0.15) is 0 Å².